The van der Waals surface area contributed by atoms with Gasteiger partial charge in [-0.2, -0.15) is 0 Å². The third kappa shape index (κ3) is 4.10. The number of hydrogen-bond acceptors (Lipinski definition) is 3. The quantitative estimate of drug-likeness (QED) is 0.771. The van der Waals surface area contributed by atoms with Crippen LogP contribution in [0.5, 0.6) is 0 Å². The highest BCUT2D eigenvalue weighted by molar-refractivity contribution is 7.99. The maximum Gasteiger partial charge on any atom is 0.0540 e. The summed E-state index contributed by atoms with van der Waals surface area (Å²) >= 11 is 1.81. The van der Waals surface area contributed by atoms with E-state index in [1.165, 1.54) is 10.5 Å². The molecule has 0 aliphatic carbocycles. The fourth-order valence-corrected chi connectivity index (χ4v) is 3.53. The zero-order valence-corrected chi connectivity index (χ0v) is 13.3. The number of hydrogen-bond donors (Lipinski definition) is 2. The number of aliphatic hydroxyl groups is 1. The Labute approximate surface area is 131 Å². The largest absolute Gasteiger partial charge is 0.395 e. The van der Waals surface area contributed by atoms with E-state index < -0.39 is 0 Å². The maximum atomic E-state index is 9.93. The van der Waals surface area contributed by atoms with Crippen LogP contribution in [0.15, 0.2) is 59.5 Å². The van der Waals surface area contributed by atoms with Crippen molar-refractivity contribution in [3.8, 4) is 0 Å². The van der Waals surface area contributed by atoms with E-state index in [-0.39, 0.29) is 12.0 Å². The van der Waals surface area contributed by atoms with Crippen molar-refractivity contribution in [2.24, 2.45) is 5.73 Å². The van der Waals surface area contributed by atoms with E-state index >= 15 is 0 Å². The molecule has 112 valence electrons. The van der Waals surface area contributed by atoms with Gasteiger partial charge >= 0.3 is 0 Å². The highest BCUT2D eigenvalue weighted by Gasteiger charge is 2.29. The second-order valence-corrected chi connectivity index (χ2v) is 6.59. The third-order valence-corrected chi connectivity index (χ3v) is 4.93. The molecule has 3 heteroatoms. The van der Waals surface area contributed by atoms with Crippen LogP contribution >= 0.6 is 11.8 Å². The molecular formula is C18H23NOS. The van der Waals surface area contributed by atoms with E-state index in [1.54, 1.807) is 0 Å². The molecule has 2 rings (SSSR count). The molecule has 0 aliphatic rings. The zero-order valence-electron chi connectivity index (χ0n) is 12.5. The van der Waals surface area contributed by atoms with Gasteiger partial charge in [0.05, 0.1) is 6.61 Å². The highest BCUT2D eigenvalue weighted by atomic mass is 32.2. The van der Waals surface area contributed by atoms with Crippen LogP contribution < -0.4 is 5.73 Å². The minimum Gasteiger partial charge on any atom is -0.395 e. The van der Waals surface area contributed by atoms with Crippen molar-refractivity contribution in [3.63, 3.8) is 0 Å². The fourth-order valence-electron chi connectivity index (χ4n) is 2.46. The van der Waals surface area contributed by atoms with E-state index in [9.17, 15) is 5.11 Å². The number of benzene rings is 2. The van der Waals surface area contributed by atoms with Crippen LogP contribution in [0.2, 0.25) is 0 Å². The van der Waals surface area contributed by atoms with Crippen molar-refractivity contribution in [3.05, 3.63) is 65.7 Å². The Bertz CT molecular complexity index is 552. The van der Waals surface area contributed by atoms with E-state index in [0.29, 0.717) is 6.54 Å². The molecule has 0 bridgehead atoms. The summed E-state index contributed by atoms with van der Waals surface area (Å²) < 4.78 is 0. The highest BCUT2D eigenvalue weighted by Crippen LogP contribution is 2.30. The van der Waals surface area contributed by atoms with Crippen LogP contribution in [0.1, 0.15) is 17.5 Å². The summed E-state index contributed by atoms with van der Waals surface area (Å²) in [6, 6.07) is 18.7. The molecule has 21 heavy (non-hydrogen) atoms. The molecule has 2 aromatic rings. The topological polar surface area (TPSA) is 46.2 Å². The Hall–Kier alpha value is -1.29. The van der Waals surface area contributed by atoms with Crippen LogP contribution in [0.4, 0.5) is 0 Å². The normalized spacial score (nSPS) is 13.9. The van der Waals surface area contributed by atoms with Crippen molar-refractivity contribution < 1.29 is 5.11 Å². The summed E-state index contributed by atoms with van der Waals surface area (Å²) in [5.41, 5.74) is 8.01. The standard InChI is InChI=1S/C18H23NOS/c1-15-6-5-7-16(12-15)18(13-19,14-20)10-11-21-17-8-3-2-4-9-17/h2-9,12,20H,10-11,13-14,19H2,1H3. The van der Waals surface area contributed by atoms with Crippen molar-refractivity contribution in [1.82, 2.24) is 0 Å². The summed E-state index contributed by atoms with van der Waals surface area (Å²) in [4.78, 5) is 1.26. The Morgan fingerprint density at radius 3 is 2.48 bits per heavy atom. The van der Waals surface area contributed by atoms with Crippen LogP contribution in [-0.2, 0) is 5.41 Å². The molecule has 1 atom stereocenters. The van der Waals surface area contributed by atoms with Crippen molar-refractivity contribution in [2.45, 2.75) is 23.7 Å². The number of nitrogens with two attached hydrogens (primary N) is 1. The summed E-state index contributed by atoms with van der Waals surface area (Å²) in [6.45, 7) is 2.62. The molecule has 0 aliphatic heterocycles. The Morgan fingerprint density at radius 1 is 1.10 bits per heavy atom. The molecule has 0 fully saturated rings. The van der Waals surface area contributed by atoms with Gasteiger partial charge in [-0.15, -0.1) is 11.8 Å². The molecule has 0 spiro atoms. The molecular weight excluding hydrogens is 278 g/mol. The van der Waals surface area contributed by atoms with Gasteiger partial charge in [-0.25, -0.2) is 0 Å². The van der Waals surface area contributed by atoms with Gasteiger partial charge in [0.25, 0.3) is 0 Å². The monoisotopic (exact) mass is 301 g/mol. The second kappa shape index (κ2) is 7.64. The molecule has 0 aromatic heterocycles. The number of aryl methyl sites for hydroxylation is 1. The molecule has 2 nitrogen and oxygen atoms in total. The lowest BCUT2D eigenvalue weighted by atomic mass is 9.78. The molecule has 0 amide bonds. The van der Waals surface area contributed by atoms with Crippen LogP contribution in [0, 0.1) is 6.92 Å². The molecule has 0 saturated carbocycles. The van der Waals surface area contributed by atoms with Gasteiger partial charge in [0.1, 0.15) is 0 Å². The van der Waals surface area contributed by atoms with Gasteiger partial charge in [-0.05, 0) is 36.8 Å². The minimum atomic E-state index is -0.339. The average molecular weight is 301 g/mol. The summed E-state index contributed by atoms with van der Waals surface area (Å²) in [5, 5.41) is 9.93. The first-order chi connectivity index (χ1) is 10.2. The predicted molar refractivity (Wildman–Crippen MR) is 90.8 cm³/mol. The predicted octanol–water partition coefficient (Wildman–Crippen LogP) is 3.37. The first kappa shape index (κ1) is 16.1. The fraction of sp³-hybridized carbons (Fsp3) is 0.333. The SMILES string of the molecule is Cc1cccc(C(CN)(CO)CCSc2ccccc2)c1. The van der Waals surface area contributed by atoms with Gasteiger partial charge in [0, 0.05) is 16.9 Å². The summed E-state index contributed by atoms with van der Waals surface area (Å²) in [7, 11) is 0. The lowest BCUT2D eigenvalue weighted by molar-refractivity contribution is 0.193. The minimum absolute atomic E-state index is 0.0856. The van der Waals surface area contributed by atoms with Gasteiger partial charge in [0.2, 0.25) is 0 Å². The van der Waals surface area contributed by atoms with Gasteiger partial charge in [-0.3, -0.25) is 0 Å². The van der Waals surface area contributed by atoms with Gasteiger partial charge in [0.15, 0.2) is 0 Å². The van der Waals surface area contributed by atoms with Crippen LogP contribution in [-0.4, -0.2) is 24.0 Å². The Morgan fingerprint density at radius 2 is 1.86 bits per heavy atom. The van der Waals surface area contributed by atoms with Crippen molar-refractivity contribution in [2.75, 3.05) is 18.9 Å². The number of thioether (sulfide) groups is 1. The Kier molecular flexibility index (Phi) is 5.85. The van der Waals surface area contributed by atoms with Crippen molar-refractivity contribution >= 4 is 11.8 Å². The van der Waals surface area contributed by atoms with E-state index in [4.69, 9.17) is 5.73 Å². The lowest BCUT2D eigenvalue weighted by Crippen LogP contribution is -2.39. The van der Waals surface area contributed by atoms with Crippen LogP contribution in [0.3, 0.4) is 0 Å². The van der Waals surface area contributed by atoms with Gasteiger partial charge < -0.3 is 10.8 Å². The molecule has 0 radical (unpaired) electrons. The zero-order chi connectivity index (χ0) is 15.1. The average Bonchev–Trinajstić information content (AvgIpc) is 2.53. The number of aliphatic hydroxyl groups excluding tert-OH is 1. The van der Waals surface area contributed by atoms with Crippen molar-refractivity contribution in [1.29, 1.82) is 0 Å². The van der Waals surface area contributed by atoms with E-state index in [2.05, 4.69) is 37.3 Å². The number of rotatable bonds is 7. The molecule has 2 aromatic carbocycles. The first-order valence-corrected chi connectivity index (χ1v) is 8.25. The smallest absolute Gasteiger partial charge is 0.0540 e. The second-order valence-electron chi connectivity index (χ2n) is 5.42. The van der Waals surface area contributed by atoms with Gasteiger partial charge in [-0.1, -0.05) is 48.0 Å². The molecule has 3 N–H and O–H groups in total. The molecule has 0 heterocycles. The third-order valence-electron chi connectivity index (χ3n) is 3.92. The van der Waals surface area contributed by atoms with E-state index in [1.807, 2.05) is 36.0 Å². The maximum absolute atomic E-state index is 9.93. The Balaban J connectivity index is 2.08. The first-order valence-electron chi connectivity index (χ1n) is 7.26. The molecule has 1 unspecified atom stereocenters. The van der Waals surface area contributed by atoms with Crippen LogP contribution in [0.25, 0.3) is 0 Å². The van der Waals surface area contributed by atoms with E-state index in [0.717, 1.165) is 17.7 Å². The molecule has 0 saturated heterocycles. The lowest BCUT2D eigenvalue weighted by Gasteiger charge is -2.31. The summed E-state index contributed by atoms with van der Waals surface area (Å²) in [5.74, 6) is 0.940. The summed E-state index contributed by atoms with van der Waals surface area (Å²) in [6.07, 6.45) is 0.864.